The lowest BCUT2D eigenvalue weighted by atomic mass is 10.1. The number of aryl methyl sites for hydroxylation is 1. The molecule has 0 spiro atoms. The smallest absolute Gasteiger partial charge is 0.227 e. The first kappa shape index (κ1) is 10.0. The monoisotopic (exact) mass is 207 g/mol. The van der Waals surface area contributed by atoms with Crippen LogP contribution < -0.4 is 4.90 Å². The molecule has 1 unspecified atom stereocenters. The first-order valence-corrected chi connectivity index (χ1v) is 4.90. The Kier molecular flexibility index (Phi) is 2.64. The van der Waals surface area contributed by atoms with Gasteiger partial charge in [0, 0.05) is 25.5 Å². The molecule has 2 heterocycles. The van der Waals surface area contributed by atoms with E-state index in [9.17, 15) is 4.79 Å². The predicted molar refractivity (Wildman–Crippen MR) is 54.3 cm³/mol. The second-order valence-electron chi connectivity index (χ2n) is 3.75. The van der Waals surface area contributed by atoms with E-state index in [4.69, 9.17) is 5.11 Å². The van der Waals surface area contributed by atoms with E-state index in [0.717, 1.165) is 11.4 Å². The fourth-order valence-corrected chi connectivity index (χ4v) is 1.79. The summed E-state index contributed by atoms with van der Waals surface area (Å²) < 4.78 is 0. The highest BCUT2D eigenvalue weighted by Crippen LogP contribution is 2.25. The number of anilines is 1. The summed E-state index contributed by atoms with van der Waals surface area (Å²) in [5, 5.41) is 9.01. The zero-order chi connectivity index (χ0) is 10.8. The zero-order valence-electron chi connectivity index (χ0n) is 8.55. The largest absolute Gasteiger partial charge is 0.396 e. The highest BCUT2D eigenvalue weighted by Gasteiger charge is 2.31. The number of rotatable bonds is 2. The van der Waals surface area contributed by atoms with Crippen molar-refractivity contribution < 1.29 is 9.90 Å². The summed E-state index contributed by atoms with van der Waals surface area (Å²) in [5.41, 5.74) is 1.54. The number of hydrogen-bond acceptors (Lipinski definition) is 4. The maximum Gasteiger partial charge on any atom is 0.227 e. The summed E-state index contributed by atoms with van der Waals surface area (Å²) in [6.45, 7) is 2.45. The summed E-state index contributed by atoms with van der Waals surface area (Å²) in [6.07, 6.45) is 3.51. The van der Waals surface area contributed by atoms with Gasteiger partial charge in [-0.05, 0) is 6.92 Å². The Morgan fingerprint density at radius 1 is 1.67 bits per heavy atom. The third-order valence-electron chi connectivity index (χ3n) is 2.64. The van der Waals surface area contributed by atoms with Crippen LogP contribution in [-0.4, -0.2) is 34.1 Å². The van der Waals surface area contributed by atoms with Gasteiger partial charge in [0.25, 0.3) is 0 Å². The van der Waals surface area contributed by atoms with Crippen molar-refractivity contribution in [2.24, 2.45) is 5.92 Å². The Bertz CT molecular complexity index is 381. The zero-order valence-corrected chi connectivity index (χ0v) is 8.55. The van der Waals surface area contributed by atoms with E-state index >= 15 is 0 Å². The Balaban J connectivity index is 2.25. The Hall–Kier alpha value is -1.49. The molecule has 15 heavy (non-hydrogen) atoms. The van der Waals surface area contributed by atoms with Crippen LogP contribution in [0.4, 0.5) is 5.69 Å². The predicted octanol–water partition coefficient (Wildman–Crippen LogP) is 0.130. The van der Waals surface area contributed by atoms with Crippen LogP contribution in [0.25, 0.3) is 0 Å². The number of aliphatic hydroxyl groups excluding tert-OH is 1. The number of aromatic nitrogens is 2. The molecule has 1 aliphatic rings. The molecule has 1 atom stereocenters. The lowest BCUT2D eigenvalue weighted by molar-refractivity contribution is -0.117. The van der Waals surface area contributed by atoms with Gasteiger partial charge in [0.2, 0.25) is 5.91 Å². The van der Waals surface area contributed by atoms with E-state index < -0.39 is 0 Å². The first-order chi connectivity index (χ1) is 7.22. The third kappa shape index (κ3) is 1.83. The van der Waals surface area contributed by atoms with Crippen molar-refractivity contribution in [2.45, 2.75) is 13.3 Å². The van der Waals surface area contributed by atoms with Gasteiger partial charge in [-0.2, -0.15) is 0 Å². The van der Waals surface area contributed by atoms with E-state index in [0.29, 0.717) is 13.0 Å². The van der Waals surface area contributed by atoms with Crippen molar-refractivity contribution >= 4 is 11.6 Å². The van der Waals surface area contributed by atoms with Crippen molar-refractivity contribution in [2.75, 3.05) is 18.1 Å². The fraction of sp³-hybridized carbons (Fsp3) is 0.500. The van der Waals surface area contributed by atoms with E-state index in [-0.39, 0.29) is 18.4 Å². The molecule has 0 aromatic carbocycles. The topological polar surface area (TPSA) is 66.3 Å². The van der Waals surface area contributed by atoms with Gasteiger partial charge >= 0.3 is 0 Å². The summed E-state index contributed by atoms with van der Waals surface area (Å²) >= 11 is 0. The van der Waals surface area contributed by atoms with E-state index in [1.54, 1.807) is 11.1 Å². The van der Waals surface area contributed by atoms with Gasteiger partial charge in [0.15, 0.2) is 0 Å². The standard InChI is InChI=1S/C10H13N3O2/c1-7-9(3-11-6-12-7)13-4-8(5-14)2-10(13)15/h3,6,8,14H,2,4-5H2,1H3. The third-order valence-corrected chi connectivity index (χ3v) is 2.64. The molecule has 5 nitrogen and oxygen atoms in total. The van der Waals surface area contributed by atoms with Gasteiger partial charge in [0.05, 0.1) is 17.6 Å². The highest BCUT2D eigenvalue weighted by molar-refractivity contribution is 5.96. The SMILES string of the molecule is Cc1ncncc1N1CC(CO)CC1=O. The summed E-state index contributed by atoms with van der Waals surface area (Å²) in [4.78, 5) is 21.3. The summed E-state index contributed by atoms with van der Waals surface area (Å²) in [5.74, 6) is 0.0732. The number of aliphatic hydroxyl groups is 1. The van der Waals surface area contributed by atoms with Crippen LogP contribution in [0.5, 0.6) is 0 Å². The van der Waals surface area contributed by atoms with Crippen LogP contribution in [-0.2, 0) is 4.79 Å². The molecule has 5 heteroatoms. The molecule has 1 amide bonds. The van der Waals surface area contributed by atoms with Gasteiger partial charge < -0.3 is 10.0 Å². The van der Waals surface area contributed by atoms with Crippen LogP contribution in [0.1, 0.15) is 12.1 Å². The van der Waals surface area contributed by atoms with Gasteiger partial charge in [-0.3, -0.25) is 4.79 Å². The average Bonchev–Trinajstić information content (AvgIpc) is 2.60. The highest BCUT2D eigenvalue weighted by atomic mass is 16.3. The molecule has 1 aliphatic heterocycles. The average molecular weight is 207 g/mol. The Morgan fingerprint density at radius 3 is 3.07 bits per heavy atom. The molecular weight excluding hydrogens is 194 g/mol. The molecule has 1 N–H and O–H groups in total. The normalized spacial score (nSPS) is 21.1. The molecule has 0 saturated carbocycles. The molecule has 1 aromatic rings. The van der Waals surface area contributed by atoms with Gasteiger partial charge in [-0.25, -0.2) is 9.97 Å². The van der Waals surface area contributed by atoms with Crippen LogP contribution in [0.2, 0.25) is 0 Å². The molecule has 1 fully saturated rings. The van der Waals surface area contributed by atoms with Crippen molar-refractivity contribution in [3.05, 3.63) is 18.2 Å². The molecule has 0 radical (unpaired) electrons. The minimum absolute atomic E-state index is 0.0342. The van der Waals surface area contributed by atoms with Crippen LogP contribution >= 0.6 is 0 Å². The van der Waals surface area contributed by atoms with Gasteiger partial charge in [-0.1, -0.05) is 0 Å². The second kappa shape index (κ2) is 3.94. The molecule has 80 valence electrons. The fourth-order valence-electron chi connectivity index (χ4n) is 1.79. The molecule has 1 aromatic heterocycles. The summed E-state index contributed by atoms with van der Waals surface area (Å²) in [7, 11) is 0. The lowest BCUT2D eigenvalue weighted by Gasteiger charge is -2.17. The summed E-state index contributed by atoms with van der Waals surface area (Å²) in [6, 6.07) is 0. The molecule has 2 rings (SSSR count). The molecule has 0 bridgehead atoms. The molecule has 0 aliphatic carbocycles. The number of carbonyl (C=O) groups is 1. The van der Waals surface area contributed by atoms with Crippen molar-refractivity contribution in [1.82, 2.24) is 9.97 Å². The van der Waals surface area contributed by atoms with Crippen LogP contribution in [0, 0.1) is 12.8 Å². The Labute approximate surface area is 87.8 Å². The van der Waals surface area contributed by atoms with Crippen molar-refractivity contribution in [3.8, 4) is 0 Å². The van der Waals surface area contributed by atoms with E-state index in [2.05, 4.69) is 9.97 Å². The van der Waals surface area contributed by atoms with Crippen LogP contribution in [0.3, 0.4) is 0 Å². The van der Waals surface area contributed by atoms with Crippen LogP contribution in [0.15, 0.2) is 12.5 Å². The van der Waals surface area contributed by atoms with Gasteiger partial charge in [-0.15, -0.1) is 0 Å². The lowest BCUT2D eigenvalue weighted by Crippen LogP contribution is -2.26. The first-order valence-electron chi connectivity index (χ1n) is 4.90. The van der Waals surface area contributed by atoms with Crippen molar-refractivity contribution in [3.63, 3.8) is 0 Å². The maximum absolute atomic E-state index is 11.7. The van der Waals surface area contributed by atoms with Gasteiger partial charge in [0.1, 0.15) is 6.33 Å². The number of carbonyl (C=O) groups excluding carboxylic acids is 1. The van der Waals surface area contributed by atoms with Crippen molar-refractivity contribution in [1.29, 1.82) is 0 Å². The minimum Gasteiger partial charge on any atom is -0.396 e. The number of hydrogen-bond donors (Lipinski definition) is 1. The van der Waals surface area contributed by atoms with E-state index in [1.165, 1.54) is 6.33 Å². The number of amides is 1. The molecular formula is C10H13N3O2. The minimum atomic E-state index is 0.0342. The molecule has 1 saturated heterocycles. The number of nitrogens with zero attached hydrogens (tertiary/aromatic N) is 3. The van der Waals surface area contributed by atoms with E-state index in [1.807, 2.05) is 6.92 Å². The quantitative estimate of drug-likeness (QED) is 0.748. The second-order valence-corrected chi connectivity index (χ2v) is 3.75. The Morgan fingerprint density at radius 2 is 2.47 bits per heavy atom. The maximum atomic E-state index is 11.7.